The number of hydrogen-bond donors (Lipinski definition) is 0. The molecule has 0 aliphatic carbocycles. The van der Waals surface area contributed by atoms with Crippen LogP contribution < -0.4 is 0 Å². The minimum Gasteiger partial charge on any atom is -0.461 e. The number of benzene rings is 2. The topological polar surface area (TPSA) is 36.7 Å². The van der Waals surface area contributed by atoms with Gasteiger partial charge in [-0.15, -0.1) is 0 Å². The maximum Gasteiger partial charge on any atom is 0.244 e. The zero-order valence-corrected chi connectivity index (χ0v) is 16.0. The summed E-state index contributed by atoms with van der Waals surface area (Å²) < 4.78 is 5.88. The second-order valence-electron chi connectivity index (χ2n) is 7.38. The average molecular weight is 362 g/mol. The molecule has 0 bridgehead atoms. The summed E-state index contributed by atoms with van der Waals surface area (Å²) >= 11 is 0. The fraction of sp³-hybridized carbons (Fsp3) is 0.348. The molecule has 2 aromatic carbocycles. The van der Waals surface area contributed by atoms with Crippen molar-refractivity contribution in [3.05, 3.63) is 71.5 Å². The van der Waals surface area contributed by atoms with Crippen LogP contribution in [0, 0.1) is 6.92 Å². The van der Waals surface area contributed by atoms with Crippen LogP contribution in [0.5, 0.6) is 0 Å². The number of furan rings is 1. The second-order valence-corrected chi connectivity index (χ2v) is 7.38. The van der Waals surface area contributed by atoms with Gasteiger partial charge in [-0.2, -0.15) is 0 Å². The molecule has 1 atom stereocenters. The highest BCUT2D eigenvalue weighted by Gasteiger charge is 2.32. The fourth-order valence-corrected chi connectivity index (χ4v) is 4.09. The van der Waals surface area contributed by atoms with E-state index in [0.717, 1.165) is 53.8 Å². The number of hydrogen-bond acceptors (Lipinski definition) is 3. The van der Waals surface area contributed by atoms with Gasteiger partial charge in [0.25, 0.3) is 0 Å². The molecule has 0 spiro atoms. The zero-order valence-electron chi connectivity index (χ0n) is 16.0. The molecular formula is C23H26N2O2. The largest absolute Gasteiger partial charge is 0.461 e. The molecule has 1 aliphatic heterocycles. The highest BCUT2D eigenvalue weighted by Crippen LogP contribution is 2.30. The molecule has 140 valence electrons. The van der Waals surface area contributed by atoms with E-state index in [1.165, 1.54) is 0 Å². The number of likely N-dealkylation sites (N-methyl/N-ethyl adjacent to an activating group) is 1. The van der Waals surface area contributed by atoms with Crippen molar-refractivity contribution in [1.82, 2.24) is 9.80 Å². The van der Waals surface area contributed by atoms with Crippen LogP contribution >= 0.6 is 0 Å². The Bertz CT molecular complexity index is 926. The minimum atomic E-state index is -0.211. The SMILES string of the molecule is Cc1oc2ccccc2c1CN(C)C(=O)C(c1ccccc1)N1CCCC1. The molecule has 4 nitrogen and oxygen atoms in total. The van der Waals surface area contributed by atoms with Gasteiger partial charge in [-0.05, 0) is 44.5 Å². The summed E-state index contributed by atoms with van der Waals surface area (Å²) in [6, 6.07) is 18.0. The Morgan fingerprint density at radius 2 is 1.74 bits per heavy atom. The first kappa shape index (κ1) is 17.8. The molecule has 1 unspecified atom stereocenters. The lowest BCUT2D eigenvalue weighted by Crippen LogP contribution is -2.40. The summed E-state index contributed by atoms with van der Waals surface area (Å²) in [6.07, 6.45) is 2.32. The van der Waals surface area contributed by atoms with E-state index in [0.29, 0.717) is 6.54 Å². The van der Waals surface area contributed by atoms with Gasteiger partial charge in [-0.25, -0.2) is 0 Å². The van der Waals surface area contributed by atoms with Crippen molar-refractivity contribution in [2.24, 2.45) is 0 Å². The molecule has 0 radical (unpaired) electrons. The smallest absolute Gasteiger partial charge is 0.244 e. The number of fused-ring (bicyclic) bond motifs is 1. The van der Waals surface area contributed by atoms with Crippen molar-refractivity contribution in [2.75, 3.05) is 20.1 Å². The quantitative estimate of drug-likeness (QED) is 0.669. The molecule has 1 fully saturated rings. The number of aryl methyl sites for hydroxylation is 1. The van der Waals surface area contributed by atoms with Crippen molar-refractivity contribution in [2.45, 2.75) is 32.4 Å². The average Bonchev–Trinajstić information content (AvgIpc) is 3.31. The van der Waals surface area contributed by atoms with Crippen LogP contribution in [0.1, 0.15) is 35.8 Å². The lowest BCUT2D eigenvalue weighted by Gasteiger charge is -2.30. The van der Waals surface area contributed by atoms with Crippen LogP contribution in [0.15, 0.2) is 59.0 Å². The molecule has 0 saturated carbocycles. The van der Waals surface area contributed by atoms with E-state index in [2.05, 4.69) is 23.1 Å². The molecule has 1 aliphatic rings. The van der Waals surface area contributed by atoms with Crippen molar-refractivity contribution in [1.29, 1.82) is 0 Å². The van der Waals surface area contributed by atoms with Gasteiger partial charge in [0.15, 0.2) is 0 Å². The molecule has 2 heterocycles. The van der Waals surface area contributed by atoms with Gasteiger partial charge in [0, 0.05) is 24.5 Å². The normalized spacial score (nSPS) is 15.9. The summed E-state index contributed by atoms with van der Waals surface area (Å²) in [4.78, 5) is 17.6. The zero-order chi connectivity index (χ0) is 18.8. The first-order valence-corrected chi connectivity index (χ1v) is 9.66. The number of likely N-dealkylation sites (tertiary alicyclic amines) is 1. The Balaban J connectivity index is 1.61. The first-order chi connectivity index (χ1) is 13.1. The molecule has 1 amide bonds. The minimum absolute atomic E-state index is 0.146. The lowest BCUT2D eigenvalue weighted by molar-refractivity contribution is -0.136. The molecule has 4 heteroatoms. The summed E-state index contributed by atoms with van der Waals surface area (Å²) in [6.45, 7) is 4.49. The van der Waals surface area contributed by atoms with E-state index >= 15 is 0 Å². The van der Waals surface area contributed by atoms with Gasteiger partial charge >= 0.3 is 0 Å². The van der Waals surface area contributed by atoms with Gasteiger partial charge in [0.2, 0.25) is 5.91 Å². The van der Waals surface area contributed by atoms with Crippen molar-refractivity contribution in [3.8, 4) is 0 Å². The predicted octanol–water partition coefficient (Wildman–Crippen LogP) is 4.54. The van der Waals surface area contributed by atoms with E-state index in [9.17, 15) is 4.79 Å². The highest BCUT2D eigenvalue weighted by molar-refractivity contribution is 5.85. The molecule has 0 N–H and O–H groups in total. The van der Waals surface area contributed by atoms with Gasteiger partial charge in [0.1, 0.15) is 17.4 Å². The molecule has 3 aromatic rings. The summed E-state index contributed by atoms with van der Waals surface area (Å²) in [5, 5.41) is 1.09. The summed E-state index contributed by atoms with van der Waals surface area (Å²) in [5.41, 5.74) is 3.05. The van der Waals surface area contributed by atoms with Crippen molar-refractivity contribution >= 4 is 16.9 Å². The van der Waals surface area contributed by atoms with Crippen LogP contribution in [0.25, 0.3) is 11.0 Å². The Labute approximate surface area is 160 Å². The fourth-order valence-electron chi connectivity index (χ4n) is 4.09. The third-order valence-electron chi connectivity index (χ3n) is 5.53. The van der Waals surface area contributed by atoms with E-state index in [-0.39, 0.29) is 11.9 Å². The van der Waals surface area contributed by atoms with E-state index in [4.69, 9.17) is 4.42 Å². The Hall–Kier alpha value is -2.59. The molecule has 27 heavy (non-hydrogen) atoms. The Morgan fingerprint density at radius 3 is 2.48 bits per heavy atom. The standard InChI is InChI=1S/C23H26N2O2/c1-17-20(19-12-6-7-13-21(19)27-17)16-24(2)23(26)22(25-14-8-9-15-25)18-10-4-3-5-11-18/h3-7,10-13,22H,8-9,14-16H2,1-2H3. The summed E-state index contributed by atoms with van der Waals surface area (Å²) in [5.74, 6) is 1.03. The summed E-state index contributed by atoms with van der Waals surface area (Å²) in [7, 11) is 1.90. The molecule has 1 saturated heterocycles. The van der Waals surface area contributed by atoms with Crippen molar-refractivity contribution in [3.63, 3.8) is 0 Å². The van der Waals surface area contributed by atoms with E-state index < -0.39 is 0 Å². The highest BCUT2D eigenvalue weighted by atomic mass is 16.3. The van der Waals surface area contributed by atoms with Crippen LogP contribution in [0.3, 0.4) is 0 Å². The van der Waals surface area contributed by atoms with E-state index in [1.807, 2.05) is 55.3 Å². The third-order valence-corrected chi connectivity index (χ3v) is 5.53. The van der Waals surface area contributed by atoms with Crippen LogP contribution in [0.2, 0.25) is 0 Å². The first-order valence-electron chi connectivity index (χ1n) is 9.66. The van der Waals surface area contributed by atoms with Crippen LogP contribution in [-0.2, 0) is 11.3 Å². The number of carbonyl (C=O) groups excluding carboxylic acids is 1. The predicted molar refractivity (Wildman–Crippen MR) is 107 cm³/mol. The van der Waals surface area contributed by atoms with Crippen LogP contribution in [0.4, 0.5) is 0 Å². The molecule has 1 aromatic heterocycles. The lowest BCUT2D eigenvalue weighted by atomic mass is 10.0. The number of nitrogens with zero attached hydrogens (tertiary/aromatic N) is 2. The monoisotopic (exact) mass is 362 g/mol. The van der Waals surface area contributed by atoms with Crippen LogP contribution in [-0.4, -0.2) is 35.8 Å². The maximum absolute atomic E-state index is 13.5. The van der Waals surface area contributed by atoms with Gasteiger partial charge < -0.3 is 9.32 Å². The Kier molecular flexibility index (Phi) is 4.99. The van der Waals surface area contributed by atoms with Gasteiger partial charge in [-0.1, -0.05) is 48.5 Å². The third kappa shape index (κ3) is 3.50. The van der Waals surface area contributed by atoms with Crippen molar-refractivity contribution < 1.29 is 9.21 Å². The molecule has 4 rings (SSSR count). The number of amides is 1. The van der Waals surface area contributed by atoms with E-state index in [1.54, 1.807) is 0 Å². The second kappa shape index (κ2) is 7.57. The van der Waals surface area contributed by atoms with Gasteiger partial charge in [0.05, 0.1) is 0 Å². The molecular weight excluding hydrogens is 336 g/mol. The maximum atomic E-state index is 13.5. The number of para-hydroxylation sites is 1. The number of rotatable bonds is 5. The number of carbonyl (C=O) groups is 1. The van der Waals surface area contributed by atoms with Gasteiger partial charge in [-0.3, -0.25) is 9.69 Å². The Morgan fingerprint density at radius 1 is 1.07 bits per heavy atom.